The van der Waals surface area contributed by atoms with Crippen LogP contribution in [0, 0.1) is 0 Å². The molecule has 8 nitrogen and oxygen atoms in total. The zero-order valence-electron chi connectivity index (χ0n) is 12.2. The summed E-state index contributed by atoms with van der Waals surface area (Å²) in [5, 5.41) is 3.53. The molecule has 0 N–H and O–H groups in total. The van der Waals surface area contributed by atoms with Gasteiger partial charge in [0.1, 0.15) is 5.75 Å². The van der Waals surface area contributed by atoms with Crippen molar-refractivity contribution in [2.24, 2.45) is 0 Å². The first-order valence-electron chi connectivity index (χ1n) is 7.16. The fourth-order valence-electron chi connectivity index (χ4n) is 3.08. The number of fused-ring (bicyclic) bond motifs is 1. The highest BCUT2D eigenvalue weighted by Crippen LogP contribution is 2.32. The average Bonchev–Trinajstić information content (AvgIpc) is 3.14. The van der Waals surface area contributed by atoms with E-state index in [4.69, 9.17) is 9.26 Å². The molecule has 0 unspecified atom stereocenters. The Bertz CT molecular complexity index is 655. The highest BCUT2D eigenvalue weighted by Gasteiger charge is 2.42. The third kappa shape index (κ3) is 2.88. The number of carbonyl (C=O) groups excluding carboxylic acids is 1. The van der Waals surface area contributed by atoms with Crippen LogP contribution >= 0.6 is 0 Å². The number of carbonyl (C=O) groups is 1. The molecular weight excluding hydrogens is 312 g/mol. The Hall–Kier alpha value is -1.45. The monoisotopic (exact) mass is 330 g/mol. The number of ether oxygens (including phenoxy) is 2. The van der Waals surface area contributed by atoms with Crippen molar-refractivity contribution in [3.05, 3.63) is 17.5 Å². The molecular formula is C13H18N2O6S. The Morgan fingerprint density at radius 2 is 2.32 bits per heavy atom. The second-order valence-electron chi connectivity index (χ2n) is 5.44. The predicted octanol–water partition coefficient (Wildman–Crippen LogP) is 0.544. The lowest BCUT2D eigenvalue weighted by atomic mass is 10.2. The molecule has 9 heteroatoms. The van der Waals surface area contributed by atoms with Crippen LogP contribution in [0.1, 0.15) is 35.5 Å². The molecule has 1 aliphatic heterocycles. The molecule has 1 saturated carbocycles. The number of aromatic nitrogens is 1. The van der Waals surface area contributed by atoms with Crippen molar-refractivity contribution in [2.75, 3.05) is 20.3 Å². The van der Waals surface area contributed by atoms with Gasteiger partial charge in [-0.2, -0.15) is 4.31 Å². The fraction of sp³-hybridized carbons (Fsp3) is 0.692. The van der Waals surface area contributed by atoms with E-state index >= 15 is 0 Å². The molecule has 2 atom stereocenters. The van der Waals surface area contributed by atoms with E-state index in [1.807, 2.05) is 0 Å². The third-order valence-corrected chi connectivity index (χ3v) is 5.88. The Labute approximate surface area is 128 Å². The minimum absolute atomic E-state index is 0.0103. The van der Waals surface area contributed by atoms with Crippen LogP contribution in [0.2, 0.25) is 0 Å². The van der Waals surface area contributed by atoms with Crippen molar-refractivity contribution in [2.45, 2.75) is 37.2 Å². The minimum Gasteiger partial charge on any atom is -0.464 e. The van der Waals surface area contributed by atoms with Crippen LogP contribution in [-0.2, 0) is 25.2 Å². The molecule has 0 amide bonds. The molecule has 1 aliphatic carbocycles. The molecule has 0 aromatic carbocycles. The maximum atomic E-state index is 12.6. The maximum Gasteiger partial charge on any atom is 0.360 e. The van der Waals surface area contributed by atoms with Gasteiger partial charge in [-0.05, 0) is 19.3 Å². The summed E-state index contributed by atoms with van der Waals surface area (Å²) in [5.74, 6) is -0.851. The van der Waals surface area contributed by atoms with E-state index in [1.165, 1.54) is 17.5 Å². The second kappa shape index (κ2) is 5.98. The first kappa shape index (κ1) is 15.4. The summed E-state index contributed by atoms with van der Waals surface area (Å²) in [6.45, 7) is 0.756. The van der Waals surface area contributed by atoms with Crippen LogP contribution in [0.15, 0.2) is 10.6 Å². The van der Waals surface area contributed by atoms with Crippen LogP contribution < -0.4 is 0 Å². The smallest absolute Gasteiger partial charge is 0.360 e. The number of esters is 1. The van der Waals surface area contributed by atoms with Crippen molar-refractivity contribution in [1.82, 2.24) is 9.46 Å². The minimum atomic E-state index is -3.54. The largest absolute Gasteiger partial charge is 0.464 e. The first-order chi connectivity index (χ1) is 10.5. The maximum absolute atomic E-state index is 12.6. The van der Waals surface area contributed by atoms with Gasteiger partial charge in [0.15, 0.2) is 11.5 Å². The Morgan fingerprint density at radius 1 is 1.50 bits per heavy atom. The molecule has 2 fully saturated rings. The molecule has 0 radical (unpaired) electrons. The molecule has 122 valence electrons. The molecule has 22 heavy (non-hydrogen) atoms. The molecule has 0 bridgehead atoms. The lowest BCUT2D eigenvalue weighted by Crippen LogP contribution is -2.51. The quantitative estimate of drug-likeness (QED) is 0.743. The van der Waals surface area contributed by atoms with E-state index in [-0.39, 0.29) is 29.4 Å². The normalized spacial score (nSPS) is 25.9. The fourth-order valence-corrected chi connectivity index (χ4v) is 4.75. The molecule has 1 saturated heterocycles. The van der Waals surface area contributed by atoms with Crippen LogP contribution in [-0.4, -0.2) is 56.3 Å². The number of sulfonamides is 1. The van der Waals surface area contributed by atoms with Gasteiger partial charge in [0.2, 0.25) is 10.0 Å². The van der Waals surface area contributed by atoms with Crippen molar-refractivity contribution >= 4 is 16.0 Å². The van der Waals surface area contributed by atoms with Gasteiger partial charge in [-0.1, -0.05) is 5.16 Å². The molecule has 0 spiro atoms. The first-order valence-corrected chi connectivity index (χ1v) is 8.77. The topological polar surface area (TPSA) is 98.9 Å². The van der Waals surface area contributed by atoms with E-state index in [2.05, 4.69) is 9.89 Å². The van der Waals surface area contributed by atoms with Crippen molar-refractivity contribution in [3.63, 3.8) is 0 Å². The van der Waals surface area contributed by atoms with E-state index < -0.39 is 16.0 Å². The number of hydrogen-bond acceptors (Lipinski definition) is 7. The van der Waals surface area contributed by atoms with Crippen molar-refractivity contribution in [1.29, 1.82) is 0 Å². The standard InChI is InChI=1S/C13H18N2O6S/c1-19-13(16)10-7-9(21-14-10)8-22(17,18)15-5-6-20-12-4-2-3-11(12)15/h7,11-12H,2-6,8H2,1H3/t11-,12+/m0/s1. The summed E-state index contributed by atoms with van der Waals surface area (Å²) < 4.78 is 41.8. The summed E-state index contributed by atoms with van der Waals surface area (Å²) in [6, 6.07) is 1.21. The van der Waals surface area contributed by atoms with Crippen LogP contribution in [0.3, 0.4) is 0 Å². The van der Waals surface area contributed by atoms with E-state index in [1.54, 1.807) is 0 Å². The molecule has 2 heterocycles. The number of rotatable bonds is 4. The van der Waals surface area contributed by atoms with Crippen LogP contribution in [0.25, 0.3) is 0 Å². The number of hydrogen-bond donors (Lipinski definition) is 0. The zero-order chi connectivity index (χ0) is 15.7. The Balaban J connectivity index is 1.75. The molecule has 2 aliphatic rings. The predicted molar refractivity (Wildman–Crippen MR) is 74.6 cm³/mol. The van der Waals surface area contributed by atoms with Crippen molar-refractivity contribution in [3.8, 4) is 0 Å². The zero-order valence-corrected chi connectivity index (χ0v) is 13.0. The van der Waals surface area contributed by atoms with E-state index in [9.17, 15) is 13.2 Å². The lowest BCUT2D eigenvalue weighted by molar-refractivity contribution is -0.0242. The van der Waals surface area contributed by atoms with Gasteiger partial charge in [-0.25, -0.2) is 13.2 Å². The molecule has 1 aromatic heterocycles. The number of nitrogens with zero attached hydrogens (tertiary/aromatic N) is 2. The number of methoxy groups -OCH3 is 1. The van der Waals surface area contributed by atoms with Gasteiger partial charge in [-0.15, -0.1) is 0 Å². The van der Waals surface area contributed by atoms with Crippen molar-refractivity contribution < 1.29 is 27.2 Å². The van der Waals surface area contributed by atoms with Gasteiger partial charge in [0.05, 0.1) is 25.9 Å². The van der Waals surface area contributed by atoms with Crippen LogP contribution in [0.4, 0.5) is 0 Å². The summed E-state index contributed by atoms with van der Waals surface area (Å²) >= 11 is 0. The van der Waals surface area contributed by atoms with E-state index in [0.29, 0.717) is 13.2 Å². The summed E-state index contributed by atoms with van der Waals surface area (Å²) in [5.41, 5.74) is -0.0339. The Morgan fingerprint density at radius 3 is 3.09 bits per heavy atom. The Kier molecular flexibility index (Phi) is 4.20. The van der Waals surface area contributed by atoms with Gasteiger partial charge >= 0.3 is 5.97 Å². The highest BCUT2D eigenvalue weighted by atomic mass is 32.2. The van der Waals surface area contributed by atoms with Gasteiger partial charge in [0, 0.05) is 12.6 Å². The summed E-state index contributed by atoms with van der Waals surface area (Å²) in [6.07, 6.45) is 2.67. The third-order valence-electron chi connectivity index (χ3n) is 4.07. The lowest BCUT2D eigenvalue weighted by Gasteiger charge is -2.36. The SMILES string of the molecule is COC(=O)c1cc(CS(=O)(=O)N2CCO[C@@H]3CCC[C@@H]32)on1. The van der Waals surface area contributed by atoms with Crippen LogP contribution in [0.5, 0.6) is 0 Å². The summed E-state index contributed by atoms with van der Waals surface area (Å²) in [4.78, 5) is 11.3. The van der Waals surface area contributed by atoms with E-state index in [0.717, 1.165) is 19.3 Å². The van der Waals surface area contributed by atoms with Gasteiger partial charge in [0.25, 0.3) is 0 Å². The summed E-state index contributed by atoms with van der Waals surface area (Å²) in [7, 11) is -2.32. The average molecular weight is 330 g/mol. The van der Waals surface area contributed by atoms with Gasteiger partial charge < -0.3 is 14.0 Å². The highest BCUT2D eigenvalue weighted by molar-refractivity contribution is 7.88. The second-order valence-corrected chi connectivity index (χ2v) is 7.37. The number of morpholine rings is 1. The van der Waals surface area contributed by atoms with Gasteiger partial charge in [-0.3, -0.25) is 0 Å². The molecule has 3 rings (SSSR count). The molecule has 1 aromatic rings.